The molecule has 1 atom stereocenters. The molecule has 26 heavy (non-hydrogen) atoms. The number of nitrogens with one attached hydrogen (secondary N) is 1. The largest absolute Gasteiger partial charge is 0.355 e. The summed E-state index contributed by atoms with van der Waals surface area (Å²) in [5.74, 6) is 1.62. The average molecular weight is 414 g/mol. The molecular weight excluding hydrogens is 378 g/mol. The maximum absolute atomic E-state index is 11.5. The minimum atomic E-state index is -3.86. The van der Waals surface area contributed by atoms with Crippen molar-refractivity contribution < 1.29 is 27.2 Å². The third kappa shape index (κ3) is 15.9. The first-order valence-corrected chi connectivity index (χ1v) is 11.8. The van der Waals surface area contributed by atoms with E-state index < -0.39 is 10.1 Å². The lowest BCUT2D eigenvalue weighted by atomic mass is 9.91. The van der Waals surface area contributed by atoms with Gasteiger partial charge in [0.05, 0.1) is 19.0 Å². The summed E-state index contributed by atoms with van der Waals surface area (Å²) in [7, 11) is -3.86. The Labute approximate surface area is 162 Å². The molecule has 7 nitrogen and oxygen atoms in total. The topological polar surface area (TPSA) is 102 Å². The Balaban J connectivity index is 3.51. The fourth-order valence-electron chi connectivity index (χ4n) is 2.05. The van der Waals surface area contributed by atoms with Crippen LogP contribution in [0.15, 0.2) is 0 Å². The smallest absolute Gasteiger partial charge is 0.264 e. The minimum absolute atomic E-state index is 0.0136. The van der Waals surface area contributed by atoms with E-state index in [1.807, 2.05) is 13.8 Å². The molecule has 2 N–H and O–H groups in total. The third-order valence-corrected chi connectivity index (χ3v) is 6.14. The van der Waals surface area contributed by atoms with Crippen molar-refractivity contribution in [3.05, 3.63) is 0 Å². The molecule has 0 aromatic heterocycles. The standard InChI is InChI=1S/C17H35NO6S2/c1-5-15(2)16(19)18-8-9-23-14-24-10-11-25-13-17(3,4)7-6-12-26(20,21)22/h15H,5-14H2,1-4H3,(H,18,19)(H,20,21,22). The maximum atomic E-state index is 11.5. The van der Waals surface area contributed by atoms with Gasteiger partial charge in [-0.25, -0.2) is 0 Å². The van der Waals surface area contributed by atoms with Gasteiger partial charge in [-0.05, 0) is 30.4 Å². The van der Waals surface area contributed by atoms with Crippen molar-refractivity contribution in [2.24, 2.45) is 11.3 Å². The van der Waals surface area contributed by atoms with E-state index in [0.717, 1.165) is 24.3 Å². The Morgan fingerprint density at radius 3 is 2.54 bits per heavy atom. The van der Waals surface area contributed by atoms with Crippen molar-refractivity contribution in [1.82, 2.24) is 5.32 Å². The van der Waals surface area contributed by atoms with Gasteiger partial charge in [0.15, 0.2) is 0 Å². The van der Waals surface area contributed by atoms with Gasteiger partial charge >= 0.3 is 0 Å². The van der Waals surface area contributed by atoms with Gasteiger partial charge in [0.2, 0.25) is 5.91 Å². The molecule has 0 radical (unpaired) electrons. The van der Waals surface area contributed by atoms with Gasteiger partial charge in [0.25, 0.3) is 10.1 Å². The van der Waals surface area contributed by atoms with Gasteiger partial charge in [0.1, 0.15) is 6.79 Å². The van der Waals surface area contributed by atoms with Gasteiger partial charge in [-0.1, -0.05) is 27.7 Å². The molecule has 0 aromatic rings. The van der Waals surface area contributed by atoms with Crippen LogP contribution in [0.3, 0.4) is 0 Å². The molecule has 1 amide bonds. The fourth-order valence-corrected chi connectivity index (χ4v) is 3.64. The zero-order valence-electron chi connectivity index (χ0n) is 16.5. The fraction of sp³-hybridized carbons (Fsp3) is 0.941. The number of thioether (sulfide) groups is 1. The molecule has 0 aliphatic carbocycles. The average Bonchev–Trinajstić information content (AvgIpc) is 2.53. The van der Waals surface area contributed by atoms with Crippen LogP contribution in [0.1, 0.15) is 47.0 Å². The van der Waals surface area contributed by atoms with Crippen LogP contribution in [-0.4, -0.2) is 62.7 Å². The number of amides is 1. The van der Waals surface area contributed by atoms with Crippen molar-refractivity contribution in [3.8, 4) is 0 Å². The Morgan fingerprint density at radius 1 is 1.27 bits per heavy atom. The predicted octanol–water partition coefficient (Wildman–Crippen LogP) is 2.57. The molecule has 0 rings (SSSR count). The highest BCUT2D eigenvalue weighted by Gasteiger charge is 2.18. The summed E-state index contributed by atoms with van der Waals surface area (Å²) in [6.45, 7) is 9.74. The molecule has 156 valence electrons. The normalized spacial score (nSPS) is 13.6. The van der Waals surface area contributed by atoms with Crippen molar-refractivity contribution in [2.75, 3.05) is 43.8 Å². The Hall–Kier alpha value is -0.350. The molecule has 0 bridgehead atoms. The summed E-state index contributed by atoms with van der Waals surface area (Å²) >= 11 is 1.75. The lowest BCUT2D eigenvalue weighted by Gasteiger charge is -2.23. The highest BCUT2D eigenvalue weighted by Crippen LogP contribution is 2.27. The molecule has 0 aromatic carbocycles. The molecule has 0 aliphatic heterocycles. The molecule has 0 spiro atoms. The summed E-state index contributed by atoms with van der Waals surface area (Å²) in [4.78, 5) is 11.5. The highest BCUT2D eigenvalue weighted by atomic mass is 32.2. The van der Waals surface area contributed by atoms with Gasteiger partial charge in [-0.2, -0.15) is 20.2 Å². The monoisotopic (exact) mass is 413 g/mol. The van der Waals surface area contributed by atoms with E-state index in [1.165, 1.54) is 0 Å². The van der Waals surface area contributed by atoms with Crippen LogP contribution < -0.4 is 5.32 Å². The molecule has 9 heteroatoms. The van der Waals surface area contributed by atoms with Crippen molar-refractivity contribution in [3.63, 3.8) is 0 Å². The van der Waals surface area contributed by atoms with Crippen LogP contribution in [0.25, 0.3) is 0 Å². The maximum Gasteiger partial charge on any atom is 0.264 e. The Morgan fingerprint density at radius 2 is 1.92 bits per heavy atom. The number of hydrogen-bond acceptors (Lipinski definition) is 6. The Bertz CT molecular complexity index is 482. The second-order valence-electron chi connectivity index (χ2n) is 7.14. The van der Waals surface area contributed by atoms with Crippen LogP contribution in [-0.2, 0) is 24.4 Å². The summed E-state index contributed by atoms with van der Waals surface area (Å²) in [6, 6.07) is 0. The lowest BCUT2D eigenvalue weighted by molar-refractivity contribution is -0.125. The van der Waals surface area contributed by atoms with Crippen molar-refractivity contribution >= 4 is 27.8 Å². The van der Waals surface area contributed by atoms with Crippen LogP contribution >= 0.6 is 11.8 Å². The van der Waals surface area contributed by atoms with E-state index >= 15 is 0 Å². The quantitative estimate of drug-likeness (QED) is 0.228. The van der Waals surface area contributed by atoms with Crippen molar-refractivity contribution in [1.29, 1.82) is 0 Å². The van der Waals surface area contributed by atoms with E-state index in [9.17, 15) is 13.2 Å². The molecule has 0 saturated carbocycles. The number of carbonyl (C=O) groups excluding carboxylic acids is 1. The predicted molar refractivity (Wildman–Crippen MR) is 106 cm³/mol. The van der Waals surface area contributed by atoms with Gasteiger partial charge < -0.3 is 14.8 Å². The van der Waals surface area contributed by atoms with Crippen LogP contribution in [0.4, 0.5) is 0 Å². The van der Waals surface area contributed by atoms with Gasteiger partial charge in [-0.3, -0.25) is 9.35 Å². The summed E-state index contributed by atoms with van der Waals surface area (Å²) in [5.41, 5.74) is 0.0136. The summed E-state index contributed by atoms with van der Waals surface area (Å²) in [6.07, 6.45) is 2.03. The van der Waals surface area contributed by atoms with Crippen LogP contribution in [0.5, 0.6) is 0 Å². The third-order valence-electron chi connectivity index (χ3n) is 3.89. The first-order valence-electron chi connectivity index (χ1n) is 9.03. The summed E-state index contributed by atoms with van der Waals surface area (Å²) < 4.78 is 40.9. The number of carbonyl (C=O) groups is 1. The second kappa shape index (κ2) is 13.8. The minimum Gasteiger partial charge on any atom is -0.355 e. The highest BCUT2D eigenvalue weighted by molar-refractivity contribution is 7.99. The molecule has 0 aliphatic rings. The number of hydrogen-bond donors (Lipinski definition) is 2. The zero-order valence-corrected chi connectivity index (χ0v) is 18.1. The summed E-state index contributed by atoms with van der Waals surface area (Å²) in [5, 5.41) is 2.81. The van der Waals surface area contributed by atoms with Gasteiger partial charge in [-0.15, -0.1) is 0 Å². The van der Waals surface area contributed by atoms with Crippen LogP contribution in [0.2, 0.25) is 0 Å². The second-order valence-corrected chi connectivity index (χ2v) is 9.82. The van der Waals surface area contributed by atoms with E-state index in [0.29, 0.717) is 26.2 Å². The zero-order chi connectivity index (χ0) is 20.1. The Kier molecular flexibility index (Phi) is 13.6. The first-order chi connectivity index (χ1) is 12.1. The molecular formula is C17H35NO6S2. The van der Waals surface area contributed by atoms with E-state index in [-0.39, 0.29) is 29.8 Å². The molecule has 0 heterocycles. The van der Waals surface area contributed by atoms with E-state index in [2.05, 4.69) is 19.2 Å². The van der Waals surface area contributed by atoms with Crippen LogP contribution in [0, 0.1) is 11.3 Å². The van der Waals surface area contributed by atoms with Gasteiger partial charge in [0, 0.05) is 18.2 Å². The van der Waals surface area contributed by atoms with Crippen molar-refractivity contribution in [2.45, 2.75) is 47.0 Å². The number of rotatable bonds is 16. The molecule has 0 fully saturated rings. The number of ether oxygens (including phenoxy) is 2. The SMILES string of the molecule is CCC(C)C(=O)NCCOCOCCSCC(C)(C)CCCS(=O)(=O)O. The lowest BCUT2D eigenvalue weighted by Crippen LogP contribution is -2.31. The van der Waals surface area contributed by atoms with E-state index in [1.54, 1.807) is 11.8 Å². The molecule has 1 unspecified atom stereocenters. The molecule has 0 saturated heterocycles. The first kappa shape index (κ1) is 25.6. The van der Waals surface area contributed by atoms with E-state index in [4.69, 9.17) is 14.0 Å².